The summed E-state index contributed by atoms with van der Waals surface area (Å²) in [6, 6.07) is 23.9. The van der Waals surface area contributed by atoms with E-state index in [9.17, 15) is 14.7 Å². The molecular formula is C27H30N2O3. The molecule has 2 N–H and O–H groups in total. The second kappa shape index (κ2) is 10.4. The lowest BCUT2D eigenvalue weighted by atomic mass is 9.95. The molecule has 0 radical (unpaired) electrons. The lowest BCUT2D eigenvalue weighted by Crippen LogP contribution is -2.43. The first-order valence-electron chi connectivity index (χ1n) is 11.4. The Kier molecular flexibility index (Phi) is 7.17. The van der Waals surface area contributed by atoms with Crippen LogP contribution in [0, 0.1) is 5.92 Å². The van der Waals surface area contributed by atoms with Gasteiger partial charge in [0.15, 0.2) is 0 Å². The number of nitrogens with zero attached hydrogens (tertiary/aromatic N) is 1. The van der Waals surface area contributed by atoms with Crippen LogP contribution in [0.3, 0.4) is 0 Å². The van der Waals surface area contributed by atoms with Gasteiger partial charge in [0, 0.05) is 32.0 Å². The molecule has 1 atom stereocenters. The van der Waals surface area contributed by atoms with Crippen molar-refractivity contribution in [1.82, 2.24) is 10.2 Å². The first-order valence-corrected chi connectivity index (χ1v) is 11.4. The van der Waals surface area contributed by atoms with E-state index < -0.39 is 6.10 Å². The van der Waals surface area contributed by atoms with Gasteiger partial charge in [0.2, 0.25) is 11.8 Å². The Morgan fingerprint density at radius 2 is 1.62 bits per heavy atom. The zero-order chi connectivity index (χ0) is 22.3. The van der Waals surface area contributed by atoms with Crippen LogP contribution in [0.2, 0.25) is 0 Å². The highest BCUT2D eigenvalue weighted by molar-refractivity contribution is 5.83. The van der Waals surface area contributed by atoms with Gasteiger partial charge in [-0.15, -0.1) is 0 Å². The largest absolute Gasteiger partial charge is 0.387 e. The van der Waals surface area contributed by atoms with Crippen molar-refractivity contribution in [1.29, 1.82) is 0 Å². The summed E-state index contributed by atoms with van der Waals surface area (Å²) >= 11 is 0. The molecule has 32 heavy (non-hydrogen) atoms. The number of likely N-dealkylation sites (tertiary alicyclic amines) is 1. The smallest absolute Gasteiger partial charge is 0.223 e. The fraction of sp³-hybridized carbons (Fsp3) is 0.333. The molecule has 4 rings (SSSR count). The Balaban J connectivity index is 1.21. The topological polar surface area (TPSA) is 69.6 Å². The lowest BCUT2D eigenvalue weighted by molar-refractivity contribution is -0.135. The van der Waals surface area contributed by atoms with Crippen LogP contribution in [0.5, 0.6) is 0 Å². The first-order chi connectivity index (χ1) is 15.6. The summed E-state index contributed by atoms with van der Waals surface area (Å²) in [6.45, 7) is 1.41. The highest BCUT2D eigenvalue weighted by Crippen LogP contribution is 2.21. The highest BCUT2D eigenvalue weighted by Gasteiger charge is 2.27. The van der Waals surface area contributed by atoms with Gasteiger partial charge in [-0.1, -0.05) is 66.7 Å². The summed E-state index contributed by atoms with van der Waals surface area (Å²) < 4.78 is 0. The van der Waals surface area contributed by atoms with Crippen LogP contribution in [-0.2, 0) is 16.0 Å². The van der Waals surface area contributed by atoms with E-state index in [0.717, 1.165) is 22.8 Å². The Morgan fingerprint density at radius 1 is 0.938 bits per heavy atom. The summed E-state index contributed by atoms with van der Waals surface area (Å²) in [6.07, 6.45) is 1.82. The molecule has 5 heteroatoms. The molecule has 0 aliphatic carbocycles. The summed E-state index contributed by atoms with van der Waals surface area (Å²) in [7, 11) is 0. The third-order valence-corrected chi connectivity index (χ3v) is 6.32. The molecule has 0 spiro atoms. The van der Waals surface area contributed by atoms with Crippen LogP contribution in [0.15, 0.2) is 72.8 Å². The van der Waals surface area contributed by atoms with Gasteiger partial charge in [-0.3, -0.25) is 9.59 Å². The van der Waals surface area contributed by atoms with Crippen molar-refractivity contribution in [2.24, 2.45) is 5.92 Å². The number of aryl methyl sites for hydroxylation is 1. The second-order valence-corrected chi connectivity index (χ2v) is 8.51. The number of carbonyl (C=O) groups is 2. The van der Waals surface area contributed by atoms with Gasteiger partial charge in [0.05, 0.1) is 6.10 Å². The molecule has 2 amide bonds. The summed E-state index contributed by atoms with van der Waals surface area (Å²) in [5.41, 5.74) is 1.96. The number of benzene rings is 3. The van der Waals surface area contributed by atoms with E-state index in [1.54, 1.807) is 0 Å². The van der Waals surface area contributed by atoms with Gasteiger partial charge in [-0.2, -0.15) is 0 Å². The number of nitrogens with one attached hydrogen (secondary N) is 1. The number of hydrogen-bond donors (Lipinski definition) is 2. The maximum atomic E-state index is 12.6. The number of carbonyl (C=O) groups excluding carboxylic acids is 2. The minimum absolute atomic E-state index is 0.0405. The highest BCUT2D eigenvalue weighted by atomic mass is 16.3. The zero-order valence-electron chi connectivity index (χ0n) is 18.2. The number of hydrogen-bond acceptors (Lipinski definition) is 3. The molecule has 0 bridgehead atoms. The maximum absolute atomic E-state index is 12.6. The van der Waals surface area contributed by atoms with Crippen molar-refractivity contribution in [2.45, 2.75) is 31.8 Å². The quantitative estimate of drug-likeness (QED) is 0.598. The van der Waals surface area contributed by atoms with Crippen molar-refractivity contribution < 1.29 is 14.7 Å². The minimum atomic E-state index is -0.747. The van der Waals surface area contributed by atoms with Gasteiger partial charge in [-0.05, 0) is 47.2 Å². The van der Waals surface area contributed by atoms with Crippen LogP contribution in [0.1, 0.15) is 36.5 Å². The van der Waals surface area contributed by atoms with Gasteiger partial charge >= 0.3 is 0 Å². The fourth-order valence-electron chi connectivity index (χ4n) is 4.32. The van der Waals surface area contributed by atoms with E-state index in [1.807, 2.05) is 77.7 Å². The summed E-state index contributed by atoms with van der Waals surface area (Å²) in [4.78, 5) is 27.0. The normalized spacial score (nSPS) is 15.5. The van der Waals surface area contributed by atoms with Crippen molar-refractivity contribution >= 4 is 22.6 Å². The van der Waals surface area contributed by atoms with Crippen LogP contribution in [-0.4, -0.2) is 41.5 Å². The molecule has 5 nitrogen and oxygen atoms in total. The second-order valence-electron chi connectivity index (χ2n) is 8.51. The van der Waals surface area contributed by atoms with E-state index in [4.69, 9.17) is 0 Å². The van der Waals surface area contributed by atoms with Gasteiger partial charge in [0.25, 0.3) is 0 Å². The van der Waals surface area contributed by atoms with Crippen molar-refractivity contribution in [2.75, 3.05) is 19.6 Å². The average Bonchev–Trinajstić information content (AvgIpc) is 2.86. The van der Waals surface area contributed by atoms with Gasteiger partial charge in [-0.25, -0.2) is 0 Å². The number of fused-ring (bicyclic) bond motifs is 1. The first kappa shape index (κ1) is 22.0. The number of amides is 2. The van der Waals surface area contributed by atoms with Gasteiger partial charge < -0.3 is 15.3 Å². The Bertz CT molecular complexity index is 1060. The molecule has 3 aromatic carbocycles. The van der Waals surface area contributed by atoms with Crippen molar-refractivity contribution in [3.8, 4) is 0 Å². The maximum Gasteiger partial charge on any atom is 0.223 e. The van der Waals surface area contributed by atoms with E-state index >= 15 is 0 Å². The van der Waals surface area contributed by atoms with E-state index in [-0.39, 0.29) is 24.3 Å². The summed E-state index contributed by atoms with van der Waals surface area (Å²) in [5, 5.41) is 15.6. The number of rotatable bonds is 7. The minimum Gasteiger partial charge on any atom is -0.387 e. The molecule has 1 unspecified atom stereocenters. The van der Waals surface area contributed by atoms with Crippen LogP contribution < -0.4 is 5.32 Å². The van der Waals surface area contributed by atoms with E-state index in [1.165, 1.54) is 5.56 Å². The third-order valence-electron chi connectivity index (χ3n) is 6.32. The molecule has 1 fully saturated rings. The average molecular weight is 431 g/mol. The molecule has 0 aromatic heterocycles. The standard InChI is InChI=1S/C27H30N2O3/c30-25(24-12-11-21-8-4-5-9-23(21)18-24)19-28-27(32)22-14-16-29(17-15-22)26(31)13-10-20-6-2-1-3-7-20/h1-9,11-12,18,22,25,30H,10,13-17,19H2,(H,28,32). The molecule has 166 valence electrons. The SMILES string of the molecule is O=C(NCC(O)c1ccc2ccccc2c1)C1CCN(C(=O)CCc2ccccc2)CC1. The molecular weight excluding hydrogens is 400 g/mol. The van der Waals surface area contributed by atoms with Crippen molar-refractivity contribution in [3.05, 3.63) is 83.9 Å². The molecule has 0 saturated carbocycles. The molecule has 1 saturated heterocycles. The van der Waals surface area contributed by atoms with E-state index in [2.05, 4.69) is 5.32 Å². The third kappa shape index (κ3) is 5.54. The van der Waals surface area contributed by atoms with Crippen LogP contribution in [0.25, 0.3) is 10.8 Å². The predicted molar refractivity (Wildman–Crippen MR) is 126 cm³/mol. The summed E-state index contributed by atoms with van der Waals surface area (Å²) in [5.74, 6) is -0.00219. The van der Waals surface area contributed by atoms with Crippen molar-refractivity contribution in [3.63, 3.8) is 0 Å². The van der Waals surface area contributed by atoms with E-state index in [0.29, 0.717) is 32.4 Å². The molecule has 1 aliphatic heterocycles. The monoisotopic (exact) mass is 430 g/mol. The molecule has 1 heterocycles. The van der Waals surface area contributed by atoms with Crippen LogP contribution in [0.4, 0.5) is 0 Å². The number of aliphatic hydroxyl groups is 1. The Labute approximate surface area is 189 Å². The molecule has 1 aliphatic rings. The lowest BCUT2D eigenvalue weighted by Gasteiger charge is -2.31. The zero-order valence-corrected chi connectivity index (χ0v) is 18.2. The fourth-order valence-corrected chi connectivity index (χ4v) is 4.32. The number of piperidine rings is 1. The Morgan fingerprint density at radius 3 is 2.38 bits per heavy atom. The Hall–Kier alpha value is -3.18. The molecule has 3 aromatic rings. The van der Waals surface area contributed by atoms with Crippen LogP contribution >= 0.6 is 0 Å². The van der Waals surface area contributed by atoms with Gasteiger partial charge in [0.1, 0.15) is 0 Å². The predicted octanol–water partition coefficient (Wildman–Crippen LogP) is 3.86. The number of aliphatic hydroxyl groups excluding tert-OH is 1.